The van der Waals surface area contributed by atoms with Gasteiger partial charge < -0.3 is 15.2 Å². The van der Waals surface area contributed by atoms with Crippen molar-refractivity contribution in [2.75, 3.05) is 6.61 Å². The Labute approximate surface area is 114 Å². The molecule has 2 fully saturated rings. The number of aromatic carboxylic acids is 1. The minimum atomic E-state index is -0.996. The van der Waals surface area contributed by atoms with Crippen LogP contribution < -0.4 is 5.32 Å². The van der Waals surface area contributed by atoms with E-state index in [1.165, 1.54) is 18.9 Å². The van der Waals surface area contributed by atoms with Gasteiger partial charge in [-0.1, -0.05) is 0 Å². The van der Waals surface area contributed by atoms with Gasteiger partial charge in [-0.15, -0.1) is 11.3 Å². The fourth-order valence-corrected chi connectivity index (χ4v) is 3.22. The lowest BCUT2D eigenvalue weighted by atomic mass is 10.1. The normalized spacial score (nSPS) is 26.3. The quantitative estimate of drug-likeness (QED) is 0.881. The van der Waals surface area contributed by atoms with Gasteiger partial charge in [-0.3, -0.25) is 4.79 Å². The summed E-state index contributed by atoms with van der Waals surface area (Å²) in [6.45, 7) is 0.691. The number of thiophene rings is 1. The highest BCUT2D eigenvalue weighted by molar-refractivity contribution is 7.15. The lowest BCUT2D eigenvalue weighted by Gasteiger charge is -2.18. The molecular weight excluding hydrogens is 266 g/mol. The fraction of sp³-hybridized carbons (Fsp3) is 0.538. The SMILES string of the molecule is O=C(O)c1ccc(C(=O)NC2CCOC2C2CC2)s1. The molecule has 5 nitrogen and oxygen atoms in total. The molecule has 2 aliphatic rings. The maximum atomic E-state index is 12.1. The molecular formula is C13H15NO4S. The third kappa shape index (κ3) is 2.64. The molecule has 1 aromatic rings. The zero-order chi connectivity index (χ0) is 13.4. The van der Waals surface area contributed by atoms with Crippen LogP contribution in [0, 0.1) is 5.92 Å². The van der Waals surface area contributed by atoms with Crippen LogP contribution >= 0.6 is 11.3 Å². The zero-order valence-corrected chi connectivity index (χ0v) is 11.1. The molecule has 1 aliphatic carbocycles. The third-order valence-electron chi connectivity index (χ3n) is 3.58. The second kappa shape index (κ2) is 4.94. The average molecular weight is 281 g/mol. The van der Waals surface area contributed by atoms with E-state index in [1.54, 1.807) is 6.07 Å². The van der Waals surface area contributed by atoms with Gasteiger partial charge in [0.1, 0.15) is 4.88 Å². The summed E-state index contributed by atoms with van der Waals surface area (Å²) < 4.78 is 5.66. The van der Waals surface area contributed by atoms with E-state index in [0.29, 0.717) is 17.4 Å². The number of hydrogen-bond acceptors (Lipinski definition) is 4. The van der Waals surface area contributed by atoms with Crippen LogP contribution in [-0.2, 0) is 4.74 Å². The lowest BCUT2D eigenvalue weighted by molar-refractivity contribution is 0.0702. The first-order valence-electron chi connectivity index (χ1n) is 6.41. The molecule has 0 spiro atoms. The number of carboxylic acids is 1. The van der Waals surface area contributed by atoms with Crippen molar-refractivity contribution < 1.29 is 19.4 Å². The standard InChI is InChI=1S/C13H15NO4S/c15-12(9-3-4-10(19-9)13(16)17)14-8-5-6-18-11(8)7-1-2-7/h3-4,7-8,11H,1-2,5-6H2,(H,14,15)(H,16,17). The molecule has 1 aromatic heterocycles. The van der Waals surface area contributed by atoms with E-state index in [-0.39, 0.29) is 22.9 Å². The number of hydrogen-bond donors (Lipinski definition) is 2. The molecule has 0 radical (unpaired) electrons. The van der Waals surface area contributed by atoms with Crippen LogP contribution in [0.25, 0.3) is 0 Å². The second-order valence-electron chi connectivity index (χ2n) is 5.01. The Morgan fingerprint density at radius 3 is 2.63 bits per heavy atom. The van der Waals surface area contributed by atoms with Crippen LogP contribution in [0.1, 0.15) is 38.6 Å². The number of carbonyl (C=O) groups excluding carboxylic acids is 1. The van der Waals surface area contributed by atoms with E-state index in [0.717, 1.165) is 17.8 Å². The van der Waals surface area contributed by atoms with Gasteiger partial charge in [-0.2, -0.15) is 0 Å². The molecule has 102 valence electrons. The van der Waals surface area contributed by atoms with Crippen LogP contribution in [0.5, 0.6) is 0 Å². The lowest BCUT2D eigenvalue weighted by Crippen LogP contribution is -2.41. The van der Waals surface area contributed by atoms with Crippen molar-refractivity contribution in [2.45, 2.75) is 31.4 Å². The van der Waals surface area contributed by atoms with Crippen LogP contribution in [-0.4, -0.2) is 35.7 Å². The first-order chi connectivity index (χ1) is 9.15. The Balaban J connectivity index is 1.65. The number of rotatable bonds is 4. The molecule has 2 atom stereocenters. The smallest absolute Gasteiger partial charge is 0.345 e. The van der Waals surface area contributed by atoms with Crippen LogP contribution in [0.2, 0.25) is 0 Å². The van der Waals surface area contributed by atoms with Crippen molar-refractivity contribution in [3.63, 3.8) is 0 Å². The average Bonchev–Trinajstić information content (AvgIpc) is 2.93. The van der Waals surface area contributed by atoms with Crippen molar-refractivity contribution in [3.05, 3.63) is 21.9 Å². The Morgan fingerprint density at radius 1 is 1.26 bits per heavy atom. The molecule has 2 unspecified atom stereocenters. The summed E-state index contributed by atoms with van der Waals surface area (Å²) >= 11 is 1.01. The molecule has 2 heterocycles. The second-order valence-corrected chi connectivity index (χ2v) is 6.09. The minimum Gasteiger partial charge on any atom is -0.477 e. The first-order valence-corrected chi connectivity index (χ1v) is 7.22. The molecule has 1 saturated carbocycles. The Hall–Kier alpha value is -1.40. The van der Waals surface area contributed by atoms with Crippen molar-refractivity contribution in [2.24, 2.45) is 5.92 Å². The highest BCUT2D eigenvalue weighted by atomic mass is 32.1. The molecule has 1 aliphatic heterocycles. The molecule has 6 heteroatoms. The van der Waals surface area contributed by atoms with E-state index < -0.39 is 5.97 Å². The third-order valence-corrected chi connectivity index (χ3v) is 4.65. The summed E-state index contributed by atoms with van der Waals surface area (Å²) in [5.41, 5.74) is 0. The minimum absolute atomic E-state index is 0.0652. The molecule has 19 heavy (non-hydrogen) atoms. The fourth-order valence-electron chi connectivity index (χ4n) is 2.47. The monoisotopic (exact) mass is 281 g/mol. The Morgan fingerprint density at radius 2 is 2.00 bits per heavy atom. The van der Waals surface area contributed by atoms with E-state index in [1.807, 2.05) is 0 Å². The predicted molar refractivity (Wildman–Crippen MR) is 69.6 cm³/mol. The Kier molecular flexibility index (Phi) is 3.28. The van der Waals surface area contributed by atoms with Gasteiger partial charge in [0, 0.05) is 6.61 Å². The summed E-state index contributed by atoms with van der Waals surface area (Å²) in [7, 11) is 0. The highest BCUT2D eigenvalue weighted by Crippen LogP contribution is 2.38. The Bertz CT molecular complexity index is 508. The summed E-state index contributed by atoms with van der Waals surface area (Å²) in [5.74, 6) is -0.603. The number of carbonyl (C=O) groups is 2. The summed E-state index contributed by atoms with van der Waals surface area (Å²) in [5, 5.41) is 11.8. The predicted octanol–water partition coefficient (Wildman–Crippen LogP) is 1.74. The maximum absolute atomic E-state index is 12.1. The van der Waals surface area contributed by atoms with Crippen molar-refractivity contribution >= 4 is 23.2 Å². The zero-order valence-electron chi connectivity index (χ0n) is 10.3. The van der Waals surface area contributed by atoms with E-state index in [2.05, 4.69) is 5.32 Å². The number of nitrogens with one attached hydrogen (secondary N) is 1. The van der Waals surface area contributed by atoms with Crippen LogP contribution in [0.15, 0.2) is 12.1 Å². The largest absolute Gasteiger partial charge is 0.477 e. The highest BCUT2D eigenvalue weighted by Gasteiger charge is 2.41. The first kappa shape index (κ1) is 12.6. The van der Waals surface area contributed by atoms with Crippen molar-refractivity contribution in [1.82, 2.24) is 5.32 Å². The van der Waals surface area contributed by atoms with Crippen molar-refractivity contribution in [3.8, 4) is 0 Å². The topological polar surface area (TPSA) is 75.6 Å². The van der Waals surface area contributed by atoms with Gasteiger partial charge in [0.2, 0.25) is 0 Å². The molecule has 3 rings (SSSR count). The van der Waals surface area contributed by atoms with Gasteiger partial charge in [0.25, 0.3) is 5.91 Å². The van der Waals surface area contributed by atoms with Crippen LogP contribution in [0.4, 0.5) is 0 Å². The van der Waals surface area contributed by atoms with Gasteiger partial charge in [0.05, 0.1) is 17.0 Å². The number of amides is 1. The molecule has 0 bridgehead atoms. The summed E-state index contributed by atoms with van der Waals surface area (Å²) in [4.78, 5) is 23.5. The molecule has 1 saturated heterocycles. The van der Waals surface area contributed by atoms with E-state index in [4.69, 9.17) is 9.84 Å². The van der Waals surface area contributed by atoms with Crippen LogP contribution in [0.3, 0.4) is 0 Å². The number of carboxylic acid groups (broad SMARTS) is 1. The molecule has 2 N–H and O–H groups in total. The number of ether oxygens (including phenoxy) is 1. The summed E-state index contributed by atoms with van der Waals surface area (Å²) in [6, 6.07) is 3.09. The summed E-state index contributed by atoms with van der Waals surface area (Å²) in [6.07, 6.45) is 3.34. The van der Waals surface area contributed by atoms with Crippen molar-refractivity contribution in [1.29, 1.82) is 0 Å². The molecule has 0 aromatic carbocycles. The molecule has 1 amide bonds. The van der Waals surface area contributed by atoms with E-state index >= 15 is 0 Å². The van der Waals surface area contributed by atoms with Gasteiger partial charge in [-0.25, -0.2) is 4.79 Å². The van der Waals surface area contributed by atoms with Gasteiger partial charge in [0.15, 0.2) is 0 Å². The van der Waals surface area contributed by atoms with E-state index in [9.17, 15) is 9.59 Å². The van der Waals surface area contributed by atoms with Gasteiger partial charge >= 0.3 is 5.97 Å². The maximum Gasteiger partial charge on any atom is 0.345 e. The van der Waals surface area contributed by atoms with Gasteiger partial charge in [-0.05, 0) is 37.3 Å².